The van der Waals surface area contributed by atoms with E-state index in [0.29, 0.717) is 0 Å². The van der Waals surface area contributed by atoms with Crippen LogP contribution in [0.3, 0.4) is 0 Å². The lowest BCUT2D eigenvalue weighted by Gasteiger charge is -2.34. The van der Waals surface area contributed by atoms with Crippen LogP contribution in [-0.2, 0) is 0 Å². The summed E-state index contributed by atoms with van der Waals surface area (Å²) in [5, 5.41) is 12.7. The Kier molecular flexibility index (Phi) is 12.2. The van der Waals surface area contributed by atoms with Crippen LogP contribution < -0.4 is 20.7 Å². The van der Waals surface area contributed by atoms with Crippen molar-refractivity contribution in [2.75, 3.05) is 0 Å². The Morgan fingerprint density at radius 2 is 0.534 bits per heavy atom. The molecule has 17 aromatic rings. The summed E-state index contributed by atoms with van der Waals surface area (Å²) in [6.45, 7) is 0. The quantitative estimate of drug-likeness (QED) is 0.0906. The van der Waals surface area contributed by atoms with Gasteiger partial charge in [-0.1, -0.05) is 273 Å². The van der Waals surface area contributed by atoms with Crippen molar-refractivity contribution in [2.24, 2.45) is 0 Å². The van der Waals surface area contributed by atoms with Gasteiger partial charge in [-0.25, -0.2) is 0 Å². The summed E-state index contributed by atoms with van der Waals surface area (Å²) in [7, 11) is -2.85. The fraction of sp³-hybridized carbons (Fsp3) is 0. The molecule has 0 fully saturated rings. The largest absolute Gasteiger partial charge is 0.309 e. The lowest BCUT2D eigenvalue weighted by molar-refractivity contribution is 1.13. The Labute approximate surface area is 512 Å². The monoisotopic (exact) mass is 1140 g/mol. The van der Waals surface area contributed by atoms with Crippen molar-refractivity contribution in [3.05, 3.63) is 346 Å². The SMILES string of the molecule is c1ccc(-c2ccc3c(c2)c2cc(-c4ccccc4)ccc2n3-c2ccc3c4ccccc4n(-c4cc(-c5ccccc5-c5cccc([Si](c6ccccc6)(c6ccccc6)c6ccccc6)c5)cc(-n5c6ccccc6c6ccccc65)c4)c3c2)cc1. The first kappa shape index (κ1) is 51.1. The molecule has 0 bridgehead atoms. The third-order valence-electron chi connectivity index (χ3n) is 18.4. The van der Waals surface area contributed by atoms with Crippen molar-refractivity contribution < 1.29 is 0 Å². The fourth-order valence-electron chi connectivity index (χ4n) is 14.5. The van der Waals surface area contributed by atoms with E-state index in [-0.39, 0.29) is 0 Å². The van der Waals surface area contributed by atoms with E-state index in [1.54, 1.807) is 0 Å². The second-order valence-electron chi connectivity index (χ2n) is 23.2. The standard InChI is InChI=1S/C84H57N3Si/c1-6-25-58(26-7-1)60-45-49-82-77(54-60)78-55-61(59-27-8-2-9-28-59)46-50-83(78)85(82)64-47-48-76-75-41-20-23-44-81(75)87(84(76)57-64)66-52-63(51-65(56-66)86-79-42-21-18-39-73(79)74-40-19-22-43-80(74)86)72-38-17-16-37-71(72)62-29-24-36-70(53-62)88(67-30-10-3-11-31-67,68-32-12-4-13-33-68)69-34-14-5-15-35-69/h1-57H. The highest BCUT2D eigenvalue weighted by Gasteiger charge is 2.41. The Hall–Kier alpha value is -11.3. The first-order valence-corrected chi connectivity index (χ1v) is 32.4. The third-order valence-corrected chi connectivity index (χ3v) is 23.1. The van der Waals surface area contributed by atoms with Gasteiger partial charge in [0.25, 0.3) is 0 Å². The van der Waals surface area contributed by atoms with Crippen LogP contribution in [0.1, 0.15) is 0 Å². The minimum absolute atomic E-state index is 1.08. The third kappa shape index (κ3) is 8.25. The second-order valence-corrected chi connectivity index (χ2v) is 27.0. The van der Waals surface area contributed by atoms with Crippen LogP contribution in [0.2, 0.25) is 0 Å². The van der Waals surface area contributed by atoms with E-state index in [9.17, 15) is 0 Å². The maximum atomic E-state index is 2.52. The molecule has 412 valence electrons. The summed E-state index contributed by atoms with van der Waals surface area (Å²) >= 11 is 0. The summed E-state index contributed by atoms with van der Waals surface area (Å²) < 4.78 is 7.48. The van der Waals surface area contributed by atoms with Crippen LogP contribution in [0.5, 0.6) is 0 Å². The highest BCUT2D eigenvalue weighted by atomic mass is 28.3. The number of rotatable bonds is 11. The van der Waals surface area contributed by atoms with Crippen molar-refractivity contribution in [1.82, 2.24) is 13.7 Å². The van der Waals surface area contributed by atoms with Crippen LogP contribution in [0, 0.1) is 0 Å². The zero-order chi connectivity index (χ0) is 58.1. The van der Waals surface area contributed by atoms with E-state index in [0.717, 1.165) is 50.3 Å². The molecule has 0 radical (unpaired) electrons. The smallest absolute Gasteiger partial charge is 0.179 e. The predicted molar refractivity (Wildman–Crippen MR) is 375 cm³/mol. The van der Waals surface area contributed by atoms with Gasteiger partial charge in [-0.2, -0.15) is 0 Å². The van der Waals surface area contributed by atoms with Gasteiger partial charge in [-0.05, 0) is 138 Å². The van der Waals surface area contributed by atoms with Gasteiger partial charge in [0, 0.05) is 49.4 Å². The van der Waals surface area contributed by atoms with Crippen LogP contribution in [0.25, 0.3) is 127 Å². The molecule has 0 atom stereocenters. The fourth-order valence-corrected chi connectivity index (χ4v) is 19.3. The van der Waals surface area contributed by atoms with Gasteiger partial charge in [0.1, 0.15) is 0 Å². The molecule has 0 aliphatic heterocycles. The minimum atomic E-state index is -2.85. The van der Waals surface area contributed by atoms with E-state index < -0.39 is 8.07 Å². The molecule has 17 rings (SSSR count). The Balaban J connectivity index is 0.907. The highest BCUT2D eigenvalue weighted by Crippen LogP contribution is 2.43. The predicted octanol–water partition coefficient (Wildman–Crippen LogP) is 19.0. The lowest BCUT2D eigenvalue weighted by atomic mass is 9.94. The zero-order valence-corrected chi connectivity index (χ0v) is 49.3. The summed E-state index contributed by atoms with van der Waals surface area (Å²) in [6.07, 6.45) is 0. The topological polar surface area (TPSA) is 14.8 Å². The summed E-state index contributed by atoms with van der Waals surface area (Å²) in [4.78, 5) is 0. The van der Waals surface area contributed by atoms with Crippen LogP contribution >= 0.6 is 0 Å². The normalized spacial score (nSPS) is 11.9. The maximum Gasteiger partial charge on any atom is 0.179 e. The van der Waals surface area contributed by atoms with Gasteiger partial charge in [0.2, 0.25) is 0 Å². The van der Waals surface area contributed by atoms with Crippen molar-refractivity contribution in [2.45, 2.75) is 0 Å². The molecular formula is C84H57N3Si. The molecule has 14 aromatic carbocycles. The zero-order valence-electron chi connectivity index (χ0n) is 48.3. The number of nitrogens with zero attached hydrogens (tertiary/aromatic N) is 3. The molecule has 0 unspecified atom stereocenters. The highest BCUT2D eigenvalue weighted by molar-refractivity contribution is 7.20. The maximum absolute atomic E-state index is 2.85. The Morgan fingerprint density at radius 1 is 0.170 bits per heavy atom. The van der Waals surface area contributed by atoms with Gasteiger partial charge in [0.15, 0.2) is 8.07 Å². The van der Waals surface area contributed by atoms with E-state index in [1.807, 2.05) is 0 Å². The molecule has 0 amide bonds. The minimum Gasteiger partial charge on any atom is -0.309 e. The average Bonchev–Trinajstić information content (AvgIpc) is 1.63. The molecule has 0 saturated heterocycles. The molecule has 88 heavy (non-hydrogen) atoms. The van der Waals surface area contributed by atoms with E-state index in [1.165, 1.54) is 97.5 Å². The van der Waals surface area contributed by atoms with E-state index in [2.05, 4.69) is 359 Å². The number of hydrogen-bond donors (Lipinski definition) is 0. The summed E-state index contributed by atoms with van der Waals surface area (Å²) in [6, 6.07) is 129. The lowest BCUT2D eigenvalue weighted by Crippen LogP contribution is -2.74. The Bertz CT molecular complexity index is 5240. The van der Waals surface area contributed by atoms with Crippen LogP contribution in [0.15, 0.2) is 346 Å². The number of aromatic nitrogens is 3. The van der Waals surface area contributed by atoms with E-state index >= 15 is 0 Å². The first-order valence-electron chi connectivity index (χ1n) is 30.4. The van der Waals surface area contributed by atoms with E-state index in [4.69, 9.17) is 0 Å². The van der Waals surface area contributed by atoms with Crippen molar-refractivity contribution in [1.29, 1.82) is 0 Å². The van der Waals surface area contributed by atoms with Gasteiger partial charge in [-0.15, -0.1) is 0 Å². The molecule has 3 nitrogen and oxygen atoms in total. The first-order chi connectivity index (χ1) is 43.7. The molecule has 0 saturated carbocycles. The molecule has 3 heterocycles. The number of benzene rings is 14. The molecule has 3 aromatic heterocycles. The summed E-state index contributed by atoms with van der Waals surface area (Å²) in [5.74, 6) is 0. The Morgan fingerprint density at radius 3 is 1.02 bits per heavy atom. The van der Waals surface area contributed by atoms with Crippen LogP contribution in [0.4, 0.5) is 0 Å². The summed E-state index contributed by atoms with van der Waals surface area (Å²) in [5.41, 5.74) is 19.6. The molecule has 0 N–H and O–H groups in total. The molecular weight excluding hydrogens is 1080 g/mol. The van der Waals surface area contributed by atoms with Gasteiger partial charge >= 0.3 is 0 Å². The molecule has 0 spiro atoms. The number of para-hydroxylation sites is 3. The van der Waals surface area contributed by atoms with Crippen molar-refractivity contribution >= 4 is 94.2 Å². The molecule has 0 aliphatic carbocycles. The molecule has 0 aliphatic rings. The van der Waals surface area contributed by atoms with Crippen molar-refractivity contribution in [3.63, 3.8) is 0 Å². The molecule has 4 heteroatoms. The van der Waals surface area contributed by atoms with Gasteiger partial charge in [-0.3, -0.25) is 0 Å². The van der Waals surface area contributed by atoms with Crippen LogP contribution in [-0.4, -0.2) is 21.8 Å². The van der Waals surface area contributed by atoms with Gasteiger partial charge < -0.3 is 13.7 Å². The second kappa shape index (κ2) is 21.0. The van der Waals surface area contributed by atoms with Gasteiger partial charge in [0.05, 0.1) is 33.1 Å². The van der Waals surface area contributed by atoms with Crippen molar-refractivity contribution in [3.8, 4) is 61.6 Å². The number of hydrogen-bond acceptors (Lipinski definition) is 0. The number of fused-ring (bicyclic) bond motifs is 9. The average molecular weight is 1140 g/mol.